The number of aryl methyl sites for hydroxylation is 1. The molecule has 4 rings (SSSR count). The zero-order valence-corrected chi connectivity index (χ0v) is 18.1. The molecule has 0 bridgehead atoms. The van der Waals surface area contributed by atoms with Crippen LogP contribution in [0.3, 0.4) is 0 Å². The van der Waals surface area contributed by atoms with Crippen molar-refractivity contribution in [3.63, 3.8) is 0 Å². The molecule has 2 aromatic carbocycles. The first-order chi connectivity index (χ1) is 15.0. The number of halogens is 1. The summed E-state index contributed by atoms with van der Waals surface area (Å²) in [5.74, 6) is 0.0347. The Kier molecular flexibility index (Phi) is 6.66. The average molecular weight is 424 g/mol. The summed E-state index contributed by atoms with van der Waals surface area (Å²) in [6.45, 7) is 6.22. The van der Waals surface area contributed by atoms with E-state index in [1.165, 1.54) is 12.1 Å². The lowest BCUT2D eigenvalue weighted by atomic mass is 10.1. The Morgan fingerprint density at radius 2 is 1.81 bits per heavy atom. The highest BCUT2D eigenvalue weighted by Crippen LogP contribution is 2.21. The standard InChI is InChI=1S/C25H30FN3O2/c1-19-4-2-5-21(16-19)17-24(30)28-12-3-11-27(14-15-28)23-10-13-29(25(23)31)18-20-6-8-22(26)9-7-20/h2,4-9,16,23H,3,10-15,17-18H2,1H3/t23-/m0/s1. The molecule has 2 aliphatic rings. The normalized spacial score (nSPS) is 20.2. The maximum atomic E-state index is 13.1. The maximum absolute atomic E-state index is 13.1. The van der Waals surface area contributed by atoms with Gasteiger partial charge in [0.1, 0.15) is 5.82 Å². The molecule has 1 atom stereocenters. The zero-order valence-electron chi connectivity index (χ0n) is 18.1. The topological polar surface area (TPSA) is 43.9 Å². The van der Waals surface area contributed by atoms with Gasteiger partial charge in [-0.05, 0) is 43.0 Å². The minimum Gasteiger partial charge on any atom is -0.341 e. The summed E-state index contributed by atoms with van der Waals surface area (Å²) in [5, 5.41) is 0. The molecule has 31 heavy (non-hydrogen) atoms. The van der Waals surface area contributed by atoms with Crippen molar-refractivity contribution in [1.82, 2.24) is 14.7 Å². The van der Waals surface area contributed by atoms with E-state index in [-0.39, 0.29) is 23.7 Å². The molecule has 2 heterocycles. The van der Waals surface area contributed by atoms with Gasteiger partial charge >= 0.3 is 0 Å². The van der Waals surface area contributed by atoms with Crippen molar-refractivity contribution in [3.05, 3.63) is 71.0 Å². The van der Waals surface area contributed by atoms with E-state index in [4.69, 9.17) is 0 Å². The van der Waals surface area contributed by atoms with Crippen molar-refractivity contribution in [2.24, 2.45) is 0 Å². The molecule has 2 amide bonds. The number of hydrogen-bond acceptors (Lipinski definition) is 3. The van der Waals surface area contributed by atoms with E-state index in [0.717, 1.165) is 49.2 Å². The number of carbonyl (C=O) groups is 2. The molecule has 2 fully saturated rings. The first-order valence-corrected chi connectivity index (χ1v) is 11.1. The number of nitrogens with zero attached hydrogens (tertiary/aromatic N) is 3. The van der Waals surface area contributed by atoms with Crippen LogP contribution in [0.4, 0.5) is 4.39 Å². The number of hydrogen-bond donors (Lipinski definition) is 0. The highest BCUT2D eigenvalue weighted by Gasteiger charge is 2.36. The maximum Gasteiger partial charge on any atom is 0.240 e. The Hall–Kier alpha value is -2.73. The number of rotatable bonds is 5. The fourth-order valence-corrected chi connectivity index (χ4v) is 4.64. The minimum absolute atomic E-state index is 0.118. The van der Waals surface area contributed by atoms with Gasteiger partial charge in [-0.1, -0.05) is 42.0 Å². The van der Waals surface area contributed by atoms with Crippen molar-refractivity contribution in [1.29, 1.82) is 0 Å². The van der Waals surface area contributed by atoms with Crippen LogP contribution >= 0.6 is 0 Å². The second-order valence-corrected chi connectivity index (χ2v) is 8.63. The van der Waals surface area contributed by atoms with Crippen molar-refractivity contribution in [2.45, 2.75) is 38.8 Å². The van der Waals surface area contributed by atoms with Gasteiger partial charge in [-0.25, -0.2) is 4.39 Å². The third-order valence-electron chi connectivity index (χ3n) is 6.32. The molecule has 6 heteroatoms. The van der Waals surface area contributed by atoms with Crippen LogP contribution in [0.2, 0.25) is 0 Å². The summed E-state index contributed by atoms with van der Waals surface area (Å²) in [4.78, 5) is 31.9. The SMILES string of the molecule is Cc1cccc(CC(=O)N2CCCN([C@H]3CCN(Cc4ccc(F)cc4)C3=O)CC2)c1. The monoisotopic (exact) mass is 423 g/mol. The second kappa shape index (κ2) is 9.60. The highest BCUT2D eigenvalue weighted by molar-refractivity contribution is 5.84. The van der Waals surface area contributed by atoms with Gasteiger partial charge in [-0.15, -0.1) is 0 Å². The van der Waals surface area contributed by atoms with Gasteiger partial charge < -0.3 is 9.80 Å². The minimum atomic E-state index is -0.263. The third-order valence-corrected chi connectivity index (χ3v) is 6.32. The van der Waals surface area contributed by atoms with Gasteiger partial charge in [0.15, 0.2) is 0 Å². The molecule has 2 aromatic rings. The average Bonchev–Trinajstić information content (AvgIpc) is 2.95. The Morgan fingerprint density at radius 1 is 1.00 bits per heavy atom. The summed E-state index contributed by atoms with van der Waals surface area (Å²) in [7, 11) is 0. The number of carbonyl (C=O) groups excluding carboxylic acids is 2. The van der Waals surface area contributed by atoms with Gasteiger partial charge in [0.2, 0.25) is 11.8 Å². The Balaban J connectivity index is 1.31. The van der Waals surface area contributed by atoms with Gasteiger partial charge in [-0.3, -0.25) is 14.5 Å². The van der Waals surface area contributed by atoms with E-state index in [0.29, 0.717) is 26.1 Å². The van der Waals surface area contributed by atoms with Gasteiger partial charge in [0, 0.05) is 39.3 Å². The van der Waals surface area contributed by atoms with E-state index in [9.17, 15) is 14.0 Å². The van der Waals surface area contributed by atoms with Crippen LogP contribution in [0.15, 0.2) is 48.5 Å². The van der Waals surface area contributed by atoms with Crippen molar-refractivity contribution >= 4 is 11.8 Å². The zero-order chi connectivity index (χ0) is 21.8. The number of benzene rings is 2. The predicted molar refractivity (Wildman–Crippen MR) is 118 cm³/mol. The molecule has 2 saturated heterocycles. The van der Waals surface area contributed by atoms with E-state index < -0.39 is 0 Å². The van der Waals surface area contributed by atoms with Crippen LogP contribution < -0.4 is 0 Å². The highest BCUT2D eigenvalue weighted by atomic mass is 19.1. The van der Waals surface area contributed by atoms with Crippen molar-refractivity contribution in [2.75, 3.05) is 32.7 Å². The molecule has 0 radical (unpaired) electrons. The molecular formula is C25H30FN3O2. The summed E-state index contributed by atoms with van der Waals surface area (Å²) >= 11 is 0. The van der Waals surface area contributed by atoms with Gasteiger partial charge in [0.25, 0.3) is 0 Å². The fourth-order valence-electron chi connectivity index (χ4n) is 4.64. The van der Waals surface area contributed by atoms with Crippen molar-refractivity contribution < 1.29 is 14.0 Å². The van der Waals surface area contributed by atoms with Crippen LogP contribution in [0.25, 0.3) is 0 Å². The van der Waals surface area contributed by atoms with Crippen LogP contribution in [0.5, 0.6) is 0 Å². The number of amides is 2. The lowest BCUT2D eigenvalue weighted by Gasteiger charge is -2.26. The largest absolute Gasteiger partial charge is 0.341 e. The second-order valence-electron chi connectivity index (χ2n) is 8.63. The Labute approximate surface area is 183 Å². The van der Waals surface area contributed by atoms with Crippen LogP contribution in [-0.2, 0) is 22.6 Å². The van der Waals surface area contributed by atoms with Crippen LogP contribution in [-0.4, -0.2) is 65.3 Å². The van der Waals surface area contributed by atoms with E-state index >= 15 is 0 Å². The van der Waals surface area contributed by atoms with Crippen molar-refractivity contribution in [3.8, 4) is 0 Å². The quantitative estimate of drug-likeness (QED) is 0.743. The smallest absolute Gasteiger partial charge is 0.240 e. The molecule has 5 nitrogen and oxygen atoms in total. The molecular weight excluding hydrogens is 393 g/mol. The fraction of sp³-hybridized carbons (Fsp3) is 0.440. The first kappa shape index (κ1) is 21.5. The summed E-state index contributed by atoms with van der Waals surface area (Å²) in [6, 6.07) is 14.3. The number of likely N-dealkylation sites (tertiary alicyclic amines) is 1. The summed E-state index contributed by atoms with van der Waals surface area (Å²) < 4.78 is 13.1. The predicted octanol–water partition coefficient (Wildman–Crippen LogP) is 3.01. The van der Waals surface area contributed by atoms with Crippen LogP contribution in [0.1, 0.15) is 29.5 Å². The third kappa shape index (κ3) is 5.31. The molecule has 0 aromatic heterocycles. The van der Waals surface area contributed by atoms with Gasteiger partial charge in [0.05, 0.1) is 12.5 Å². The van der Waals surface area contributed by atoms with E-state index in [1.54, 1.807) is 12.1 Å². The molecule has 0 N–H and O–H groups in total. The van der Waals surface area contributed by atoms with Gasteiger partial charge in [-0.2, -0.15) is 0 Å². The lowest BCUT2D eigenvalue weighted by Crippen LogP contribution is -2.44. The molecule has 0 unspecified atom stereocenters. The molecule has 2 aliphatic heterocycles. The molecule has 0 aliphatic carbocycles. The summed E-state index contributed by atoms with van der Waals surface area (Å²) in [5.41, 5.74) is 3.16. The Morgan fingerprint density at radius 3 is 2.58 bits per heavy atom. The molecule has 0 saturated carbocycles. The summed E-state index contributed by atoms with van der Waals surface area (Å²) in [6.07, 6.45) is 2.11. The van der Waals surface area contributed by atoms with Crippen LogP contribution in [0, 0.1) is 12.7 Å². The lowest BCUT2D eigenvalue weighted by molar-refractivity contribution is -0.132. The first-order valence-electron chi connectivity index (χ1n) is 11.1. The molecule has 164 valence electrons. The van der Waals surface area contributed by atoms with E-state index in [1.807, 2.05) is 34.9 Å². The Bertz CT molecular complexity index is 931. The molecule has 0 spiro atoms. The van der Waals surface area contributed by atoms with E-state index in [2.05, 4.69) is 11.0 Å².